The Balaban J connectivity index is 0.000000276. The zero-order chi connectivity index (χ0) is 27.7. The van der Waals surface area contributed by atoms with Crippen molar-refractivity contribution in [2.45, 2.75) is 59.8 Å². The molecular formula is C39H40Cl2Zr. The maximum Gasteiger partial charge on any atom is 4.00 e. The van der Waals surface area contributed by atoms with Gasteiger partial charge in [-0.05, 0) is 28.0 Å². The first-order valence-corrected chi connectivity index (χ1v) is 14.1. The molecular weight excluding hydrogens is 631 g/mol. The third kappa shape index (κ3) is 7.74. The summed E-state index contributed by atoms with van der Waals surface area (Å²) in [5, 5.41) is 5.47. The van der Waals surface area contributed by atoms with E-state index in [2.05, 4.69) is 158 Å². The van der Waals surface area contributed by atoms with Gasteiger partial charge in [-0.1, -0.05) is 126 Å². The van der Waals surface area contributed by atoms with Crippen molar-refractivity contribution in [2.75, 3.05) is 0 Å². The molecule has 0 N–H and O–H groups in total. The number of rotatable bonds is 3. The van der Waals surface area contributed by atoms with Crippen LogP contribution in [0.4, 0.5) is 0 Å². The van der Waals surface area contributed by atoms with Crippen LogP contribution in [-0.2, 0) is 31.6 Å². The molecule has 0 bridgehead atoms. The standard InChI is InChI=1S/C21H23.C18H17.2ClH.Zr/c1-14-12-19-15(2)6-11-18(20(19)13-14)16-7-9-17(10-8-16)21(3,4)5;1-13(2)16-11-15-9-6-10-17(18(15)12-16)14-7-4-3-5-8-14;;;/h6-13H,1-5H3;3-13H,1-2H3;2*1H;/q2*-1;;;+4/p-2. The number of fused-ring (bicyclic) bond motifs is 2. The monoisotopic (exact) mass is 668 g/mol. The van der Waals surface area contributed by atoms with E-state index in [0.717, 1.165) is 0 Å². The molecule has 0 atom stereocenters. The summed E-state index contributed by atoms with van der Waals surface area (Å²) < 4.78 is 0. The first-order valence-electron chi connectivity index (χ1n) is 14.1. The van der Waals surface area contributed by atoms with E-state index in [1.54, 1.807) is 0 Å². The van der Waals surface area contributed by atoms with Gasteiger partial charge >= 0.3 is 26.2 Å². The normalized spacial score (nSPS) is 10.9. The van der Waals surface area contributed by atoms with Crippen molar-refractivity contribution in [3.8, 4) is 22.3 Å². The minimum Gasteiger partial charge on any atom is -1.00 e. The summed E-state index contributed by atoms with van der Waals surface area (Å²) in [4.78, 5) is 0. The van der Waals surface area contributed by atoms with Crippen LogP contribution in [0.25, 0.3) is 43.8 Å². The zero-order valence-corrected chi connectivity index (χ0v) is 29.7. The second-order valence-electron chi connectivity index (χ2n) is 12.2. The summed E-state index contributed by atoms with van der Waals surface area (Å²) in [7, 11) is 0. The van der Waals surface area contributed by atoms with Gasteiger partial charge in [-0.15, -0.1) is 68.6 Å². The molecule has 0 aliphatic carbocycles. The van der Waals surface area contributed by atoms with Gasteiger partial charge in [0.1, 0.15) is 0 Å². The van der Waals surface area contributed by atoms with Gasteiger partial charge in [0, 0.05) is 0 Å². The van der Waals surface area contributed by atoms with E-state index < -0.39 is 0 Å². The molecule has 0 aliphatic rings. The van der Waals surface area contributed by atoms with Crippen LogP contribution in [0.3, 0.4) is 0 Å². The second-order valence-corrected chi connectivity index (χ2v) is 12.2. The largest absolute Gasteiger partial charge is 4.00 e. The van der Waals surface area contributed by atoms with Crippen molar-refractivity contribution in [1.82, 2.24) is 0 Å². The Morgan fingerprint density at radius 3 is 1.86 bits per heavy atom. The zero-order valence-electron chi connectivity index (χ0n) is 25.7. The molecule has 3 heteroatoms. The predicted octanol–water partition coefficient (Wildman–Crippen LogP) is 5.49. The molecule has 6 rings (SSSR count). The maximum absolute atomic E-state index is 2.34. The Morgan fingerprint density at radius 2 is 1.24 bits per heavy atom. The smallest absolute Gasteiger partial charge is 1.00 e. The summed E-state index contributed by atoms with van der Waals surface area (Å²) in [6.07, 6.45) is 0. The average Bonchev–Trinajstić information content (AvgIpc) is 3.54. The Hall–Kier alpha value is -2.44. The first-order chi connectivity index (χ1) is 18.6. The molecule has 0 saturated heterocycles. The number of aryl methyl sites for hydroxylation is 2. The van der Waals surface area contributed by atoms with Crippen LogP contribution in [0.15, 0.2) is 109 Å². The molecule has 0 aromatic heterocycles. The predicted molar refractivity (Wildman–Crippen MR) is 172 cm³/mol. The number of hydrogen-bond donors (Lipinski definition) is 0. The van der Waals surface area contributed by atoms with Crippen molar-refractivity contribution >= 4 is 21.5 Å². The SMILES string of the molecule is CC(C)c1cc2c(-c3ccccc3)cccc2[cH-]1.Cc1cc2c(-c3ccc(C(C)(C)C)cc3)ccc(C)c2[cH-]1.[Cl-].[Cl-].[Zr+4]. The summed E-state index contributed by atoms with van der Waals surface area (Å²) in [6, 6.07) is 39.9. The van der Waals surface area contributed by atoms with Crippen molar-refractivity contribution in [3.63, 3.8) is 0 Å². The van der Waals surface area contributed by atoms with E-state index >= 15 is 0 Å². The van der Waals surface area contributed by atoms with Gasteiger partial charge in [0.15, 0.2) is 0 Å². The van der Waals surface area contributed by atoms with Gasteiger partial charge < -0.3 is 24.8 Å². The Bertz CT molecular complexity index is 1710. The molecule has 6 aromatic carbocycles. The Labute approximate surface area is 284 Å². The topological polar surface area (TPSA) is 0 Å². The van der Waals surface area contributed by atoms with Crippen molar-refractivity contribution < 1.29 is 51.0 Å². The van der Waals surface area contributed by atoms with Crippen LogP contribution in [0.2, 0.25) is 0 Å². The fourth-order valence-electron chi connectivity index (χ4n) is 5.45. The third-order valence-corrected chi connectivity index (χ3v) is 7.84. The third-order valence-electron chi connectivity index (χ3n) is 7.84. The minimum atomic E-state index is 0. The van der Waals surface area contributed by atoms with E-state index in [9.17, 15) is 0 Å². The molecule has 6 aromatic rings. The fraction of sp³-hybridized carbons (Fsp3) is 0.231. The van der Waals surface area contributed by atoms with Crippen LogP contribution < -0.4 is 24.8 Å². The van der Waals surface area contributed by atoms with Crippen LogP contribution in [0.5, 0.6) is 0 Å². The Kier molecular flexibility index (Phi) is 12.6. The van der Waals surface area contributed by atoms with Gasteiger partial charge in [-0.2, -0.15) is 12.1 Å². The van der Waals surface area contributed by atoms with E-state index in [1.165, 1.54) is 66.1 Å². The first kappa shape index (κ1) is 35.8. The van der Waals surface area contributed by atoms with Crippen LogP contribution in [0, 0.1) is 13.8 Å². The summed E-state index contributed by atoms with van der Waals surface area (Å²) >= 11 is 0. The van der Waals surface area contributed by atoms with E-state index in [1.807, 2.05) is 0 Å². The Morgan fingerprint density at radius 1 is 0.619 bits per heavy atom. The van der Waals surface area contributed by atoms with Crippen molar-refractivity contribution in [1.29, 1.82) is 0 Å². The maximum atomic E-state index is 2.34. The van der Waals surface area contributed by atoms with Crippen LogP contribution in [-0.4, -0.2) is 0 Å². The molecule has 0 radical (unpaired) electrons. The molecule has 42 heavy (non-hydrogen) atoms. The van der Waals surface area contributed by atoms with Crippen molar-refractivity contribution in [2.24, 2.45) is 0 Å². The fourth-order valence-corrected chi connectivity index (χ4v) is 5.45. The average molecular weight is 671 g/mol. The molecule has 0 unspecified atom stereocenters. The molecule has 0 spiro atoms. The van der Waals surface area contributed by atoms with Gasteiger partial charge in [-0.3, -0.25) is 0 Å². The van der Waals surface area contributed by atoms with E-state index in [4.69, 9.17) is 0 Å². The number of benzene rings is 4. The van der Waals surface area contributed by atoms with Crippen LogP contribution >= 0.6 is 0 Å². The summed E-state index contributed by atoms with van der Waals surface area (Å²) in [6.45, 7) is 15.6. The minimum absolute atomic E-state index is 0. The molecule has 0 nitrogen and oxygen atoms in total. The van der Waals surface area contributed by atoms with Gasteiger partial charge in [0.05, 0.1) is 0 Å². The second kappa shape index (κ2) is 14.8. The molecule has 0 aliphatic heterocycles. The van der Waals surface area contributed by atoms with Gasteiger partial charge in [0.2, 0.25) is 0 Å². The van der Waals surface area contributed by atoms with Gasteiger partial charge in [0.25, 0.3) is 0 Å². The molecule has 214 valence electrons. The summed E-state index contributed by atoms with van der Waals surface area (Å²) in [5.41, 5.74) is 11.0. The van der Waals surface area contributed by atoms with Crippen LogP contribution in [0.1, 0.15) is 62.8 Å². The summed E-state index contributed by atoms with van der Waals surface area (Å²) in [5.74, 6) is 0.584. The molecule has 0 amide bonds. The number of hydrogen-bond acceptors (Lipinski definition) is 0. The number of halogens is 2. The molecule has 0 fully saturated rings. The van der Waals surface area contributed by atoms with E-state index in [-0.39, 0.29) is 56.4 Å². The molecule has 0 saturated carbocycles. The van der Waals surface area contributed by atoms with Crippen molar-refractivity contribution in [3.05, 3.63) is 131 Å². The van der Waals surface area contributed by atoms with Gasteiger partial charge in [-0.25, -0.2) is 0 Å². The molecule has 0 heterocycles. The quantitative estimate of drug-likeness (QED) is 0.219. The van der Waals surface area contributed by atoms with E-state index in [0.29, 0.717) is 5.92 Å².